The van der Waals surface area contributed by atoms with Gasteiger partial charge in [-0.05, 0) is 18.2 Å². The fraction of sp³-hybridized carbons (Fsp3) is 0.455. The van der Waals surface area contributed by atoms with E-state index in [2.05, 4.69) is 9.46 Å². The second kappa shape index (κ2) is 7.36. The van der Waals surface area contributed by atoms with Crippen LogP contribution in [-0.2, 0) is 14.8 Å². The van der Waals surface area contributed by atoms with Gasteiger partial charge in [0.2, 0.25) is 10.0 Å². The van der Waals surface area contributed by atoms with E-state index < -0.39 is 23.1 Å². The Bertz CT molecular complexity index is 537. The van der Waals surface area contributed by atoms with Gasteiger partial charge in [0.15, 0.2) is 0 Å². The molecule has 114 valence electrons. The first kappa shape index (κ1) is 16.6. The maximum absolute atomic E-state index is 11.9. The van der Waals surface area contributed by atoms with Crippen LogP contribution in [-0.4, -0.2) is 41.7 Å². The lowest BCUT2D eigenvalue weighted by Gasteiger charge is -2.09. The number of anilines is 1. The minimum atomic E-state index is -3.76. The van der Waals surface area contributed by atoms with Crippen LogP contribution in [0.3, 0.4) is 0 Å². The molecular weight excluding hydrogens is 294 g/mol. The van der Waals surface area contributed by atoms with E-state index in [0.29, 0.717) is 5.75 Å². The van der Waals surface area contributed by atoms with Gasteiger partial charge in [-0.2, -0.15) is 0 Å². The SMILES string of the molecule is COc1ccc(S(=O)(=O)NCCOCC(F)F)cc1N. The number of ether oxygens (including phenoxy) is 2. The summed E-state index contributed by atoms with van der Waals surface area (Å²) in [4.78, 5) is -0.0374. The first-order valence-corrected chi connectivity index (χ1v) is 7.14. The number of halogens is 2. The van der Waals surface area contributed by atoms with E-state index in [4.69, 9.17) is 10.5 Å². The van der Waals surface area contributed by atoms with Crippen molar-refractivity contribution in [2.75, 3.05) is 32.6 Å². The quantitative estimate of drug-likeness (QED) is 0.548. The molecule has 9 heteroatoms. The molecule has 0 aliphatic carbocycles. The summed E-state index contributed by atoms with van der Waals surface area (Å²) in [6.07, 6.45) is -2.58. The molecule has 0 radical (unpaired) electrons. The molecule has 0 bridgehead atoms. The van der Waals surface area contributed by atoms with Gasteiger partial charge in [0.25, 0.3) is 6.43 Å². The number of hydrogen-bond acceptors (Lipinski definition) is 5. The third-order valence-electron chi connectivity index (χ3n) is 2.29. The lowest BCUT2D eigenvalue weighted by Crippen LogP contribution is -2.28. The number of sulfonamides is 1. The second-order valence-corrected chi connectivity index (χ2v) is 5.53. The number of methoxy groups -OCH3 is 1. The van der Waals surface area contributed by atoms with Crippen molar-refractivity contribution in [1.29, 1.82) is 0 Å². The molecule has 6 nitrogen and oxygen atoms in total. The van der Waals surface area contributed by atoms with E-state index in [9.17, 15) is 17.2 Å². The van der Waals surface area contributed by atoms with Gasteiger partial charge in [-0.15, -0.1) is 0 Å². The van der Waals surface area contributed by atoms with Crippen LogP contribution in [0.1, 0.15) is 0 Å². The van der Waals surface area contributed by atoms with E-state index in [1.54, 1.807) is 0 Å². The van der Waals surface area contributed by atoms with Crippen LogP contribution in [0.15, 0.2) is 23.1 Å². The largest absolute Gasteiger partial charge is 0.495 e. The molecular formula is C11H16F2N2O4S. The third-order valence-corrected chi connectivity index (χ3v) is 3.75. The monoisotopic (exact) mass is 310 g/mol. The van der Waals surface area contributed by atoms with Gasteiger partial charge in [-0.3, -0.25) is 0 Å². The van der Waals surface area contributed by atoms with E-state index in [1.165, 1.54) is 25.3 Å². The van der Waals surface area contributed by atoms with Crippen molar-refractivity contribution in [3.63, 3.8) is 0 Å². The molecule has 0 unspecified atom stereocenters. The number of hydrogen-bond donors (Lipinski definition) is 2. The summed E-state index contributed by atoms with van der Waals surface area (Å²) in [5.74, 6) is 0.365. The minimum Gasteiger partial charge on any atom is -0.495 e. The predicted molar refractivity (Wildman–Crippen MR) is 69.4 cm³/mol. The van der Waals surface area contributed by atoms with Crippen molar-refractivity contribution < 1.29 is 26.7 Å². The van der Waals surface area contributed by atoms with Gasteiger partial charge < -0.3 is 15.2 Å². The molecule has 0 spiro atoms. The first-order valence-electron chi connectivity index (χ1n) is 5.66. The zero-order chi connectivity index (χ0) is 15.2. The first-order chi connectivity index (χ1) is 9.36. The smallest absolute Gasteiger partial charge is 0.261 e. The zero-order valence-corrected chi connectivity index (χ0v) is 11.6. The Kier molecular flexibility index (Phi) is 6.11. The summed E-state index contributed by atoms with van der Waals surface area (Å²) >= 11 is 0. The minimum absolute atomic E-state index is 0.0374. The van der Waals surface area contributed by atoms with Crippen LogP contribution in [0.25, 0.3) is 0 Å². The van der Waals surface area contributed by atoms with Gasteiger partial charge in [0, 0.05) is 6.54 Å². The molecule has 0 amide bonds. The Morgan fingerprint density at radius 2 is 2.10 bits per heavy atom. The summed E-state index contributed by atoms with van der Waals surface area (Å²) in [5.41, 5.74) is 5.80. The molecule has 0 fully saturated rings. The Balaban J connectivity index is 2.58. The molecule has 1 aromatic carbocycles. The number of rotatable bonds is 8. The summed E-state index contributed by atoms with van der Waals surface area (Å²) < 4.78 is 59.0. The Hall–Kier alpha value is -1.45. The topological polar surface area (TPSA) is 90.7 Å². The highest BCUT2D eigenvalue weighted by molar-refractivity contribution is 7.89. The van der Waals surface area contributed by atoms with Crippen molar-refractivity contribution in [1.82, 2.24) is 4.72 Å². The molecule has 0 aliphatic rings. The fourth-order valence-electron chi connectivity index (χ4n) is 1.38. The van der Waals surface area contributed by atoms with Gasteiger partial charge in [0.1, 0.15) is 12.4 Å². The van der Waals surface area contributed by atoms with Crippen molar-refractivity contribution >= 4 is 15.7 Å². The molecule has 0 saturated carbocycles. The molecule has 0 saturated heterocycles. The number of nitrogens with two attached hydrogens (primary N) is 1. The Morgan fingerprint density at radius 3 is 2.65 bits per heavy atom. The fourth-order valence-corrected chi connectivity index (χ4v) is 2.43. The van der Waals surface area contributed by atoms with Crippen LogP contribution in [0.5, 0.6) is 5.75 Å². The lowest BCUT2D eigenvalue weighted by atomic mass is 10.3. The van der Waals surface area contributed by atoms with Crippen LogP contribution < -0.4 is 15.2 Å². The van der Waals surface area contributed by atoms with Crippen molar-refractivity contribution in [2.24, 2.45) is 0 Å². The number of alkyl halides is 2. The molecule has 0 aromatic heterocycles. The average molecular weight is 310 g/mol. The van der Waals surface area contributed by atoms with Gasteiger partial charge in [-0.25, -0.2) is 21.9 Å². The lowest BCUT2D eigenvalue weighted by molar-refractivity contribution is 0.0199. The Labute approximate surface area is 115 Å². The highest BCUT2D eigenvalue weighted by Crippen LogP contribution is 2.24. The number of nitrogen functional groups attached to an aromatic ring is 1. The summed E-state index contributed by atoms with van der Waals surface area (Å²) in [7, 11) is -2.35. The van der Waals surface area contributed by atoms with Gasteiger partial charge in [-0.1, -0.05) is 0 Å². The van der Waals surface area contributed by atoms with E-state index in [0.717, 1.165) is 0 Å². The summed E-state index contributed by atoms with van der Waals surface area (Å²) in [6, 6.07) is 4.01. The highest BCUT2D eigenvalue weighted by Gasteiger charge is 2.15. The van der Waals surface area contributed by atoms with E-state index in [-0.39, 0.29) is 23.7 Å². The van der Waals surface area contributed by atoms with Crippen molar-refractivity contribution in [3.8, 4) is 5.75 Å². The molecule has 3 N–H and O–H groups in total. The standard InChI is InChI=1S/C11H16F2N2O4S/c1-18-10-3-2-8(6-9(10)14)20(16,17)15-4-5-19-7-11(12)13/h2-3,6,11,15H,4-5,7,14H2,1H3. The van der Waals surface area contributed by atoms with Crippen LogP contribution in [0.4, 0.5) is 14.5 Å². The molecule has 1 aromatic rings. The van der Waals surface area contributed by atoms with Crippen molar-refractivity contribution in [2.45, 2.75) is 11.3 Å². The number of benzene rings is 1. The summed E-state index contributed by atoms with van der Waals surface area (Å²) in [6.45, 7) is -0.979. The molecule has 0 aliphatic heterocycles. The van der Waals surface area contributed by atoms with Crippen LogP contribution >= 0.6 is 0 Å². The molecule has 0 heterocycles. The maximum Gasteiger partial charge on any atom is 0.261 e. The summed E-state index contributed by atoms with van der Waals surface area (Å²) in [5, 5.41) is 0. The zero-order valence-electron chi connectivity index (χ0n) is 10.8. The number of nitrogens with one attached hydrogen (secondary N) is 1. The third kappa shape index (κ3) is 4.91. The second-order valence-electron chi connectivity index (χ2n) is 3.77. The maximum atomic E-state index is 11.9. The normalized spacial score (nSPS) is 11.8. The van der Waals surface area contributed by atoms with Crippen LogP contribution in [0.2, 0.25) is 0 Å². The predicted octanol–water partition coefficient (Wildman–Crippen LogP) is 0.837. The Morgan fingerprint density at radius 1 is 1.40 bits per heavy atom. The molecule has 1 rings (SSSR count). The van der Waals surface area contributed by atoms with Crippen molar-refractivity contribution in [3.05, 3.63) is 18.2 Å². The van der Waals surface area contributed by atoms with Gasteiger partial charge in [0.05, 0.1) is 24.3 Å². The van der Waals surface area contributed by atoms with E-state index >= 15 is 0 Å². The average Bonchev–Trinajstić information content (AvgIpc) is 2.37. The van der Waals surface area contributed by atoms with E-state index in [1.807, 2.05) is 0 Å². The highest BCUT2D eigenvalue weighted by atomic mass is 32.2. The van der Waals surface area contributed by atoms with Gasteiger partial charge >= 0.3 is 0 Å². The van der Waals surface area contributed by atoms with Crippen LogP contribution in [0, 0.1) is 0 Å². The molecule has 0 atom stereocenters. The molecule has 20 heavy (non-hydrogen) atoms.